The highest BCUT2D eigenvalue weighted by Gasteiger charge is 2.15. The van der Waals surface area contributed by atoms with Crippen LogP contribution in [0.25, 0.3) is 11.8 Å². The maximum atomic E-state index is 12.8. The van der Waals surface area contributed by atoms with Gasteiger partial charge in [0.2, 0.25) is 0 Å². The molecule has 0 bridgehead atoms. The molecule has 3 rings (SSSR count). The number of anilines is 1. The van der Waals surface area contributed by atoms with Crippen LogP contribution in [0.4, 0.5) is 5.69 Å². The number of hydrogen-bond donors (Lipinski definition) is 1. The lowest BCUT2D eigenvalue weighted by Gasteiger charge is -2.13. The molecule has 1 aromatic heterocycles. The van der Waals surface area contributed by atoms with E-state index in [0.717, 1.165) is 22.6 Å². The van der Waals surface area contributed by atoms with Crippen molar-refractivity contribution in [1.82, 2.24) is 4.57 Å². The van der Waals surface area contributed by atoms with Crippen LogP contribution in [0.1, 0.15) is 41.9 Å². The average Bonchev–Trinajstić information content (AvgIpc) is 2.99. The van der Waals surface area contributed by atoms with E-state index in [9.17, 15) is 10.1 Å². The van der Waals surface area contributed by atoms with Crippen molar-refractivity contribution in [3.63, 3.8) is 0 Å². The molecule has 5 heteroatoms. The third kappa shape index (κ3) is 5.09. The van der Waals surface area contributed by atoms with Crippen molar-refractivity contribution in [1.29, 1.82) is 5.26 Å². The Morgan fingerprint density at radius 3 is 2.50 bits per heavy atom. The largest absolute Gasteiger partial charge is 0.491 e. The molecule has 2 aromatic carbocycles. The molecule has 0 fully saturated rings. The number of aromatic nitrogens is 1. The fraction of sp³-hybridized carbons (Fsp3) is 0.259. The Hall–Kier alpha value is -3.78. The van der Waals surface area contributed by atoms with E-state index in [1.54, 1.807) is 24.3 Å². The van der Waals surface area contributed by atoms with Gasteiger partial charge in [0.05, 0.1) is 6.10 Å². The number of nitrogens with one attached hydrogen (secondary N) is 1. The van der Waals surface area contributed by atoms with Crippen molar-refractivity contribution >= 4 is 17.7 Å². The predicted octanol–water partition coefficient (Wildman–Crippen LogP) is 6.04. The van der Waals surface area contributed by atoms with Crippen LogP contribution in [0.3, 0.4) is 0 Å². The lowest BCUT2D eigenvalue weighted by Crippen LogP contribution is -2.14. The minimum Gasteiger partial charge on any atom is -0.491 e. The van der Waals surface area contributed by atoms with E-state index in [-0.39, 0.29) is 11.7 Å². The number of aryl methyl sites for hydroxylation is 3. The SMILES string of the molecule is Cc1ccc(-n2c(C)cc(/C=C(/C#N)C(=O)Nc3cccc(OC(C)C)c3)c2C)c(C)c1. The Morgan fingerprint density at radius 1 is 1.09 bits per heavy atom. The summed E-state index contributed by atoms with van der Waals surface area (Å²) in [5.41, 5.74) is 6.95. The maximum Gasteiger partial charge on any atom is 0.266 e. The first-order chi connectivity index (χ1) is 15.2. The monoisotopic (exact) mass is 427 g/mol. The quantitative estimate of drug-likeness (QED) is 0.385. The molecule has 1 amide bonds. The van der Waals surface area contributed by atoms with Crippen LogP contribution in [-0.2, 0) is 4.79 Å². The summed E-state index contributed by atoms with van der Waals surface area (Å²) >= 11 is 0. The molecule has 164 valence electrons. The summed E-state index contributed by atoms with van der Waals surface area (Å²) < 4.78 is 7.83. The van der Waals surface area contributed by atoms with Gasteiger partial charge in [0.15, 0.2) is 0 Å². The van der Waals surface area contributed by atoms with Gasteiger partial charge in [0.1, 0.15) is 17.4 Å². The van der Waals surface area contributed by atoms with Crippen molar-refractivity contribution in [2.75, 3.05) is 5.32 Å². The zero-order chi connectivity index (χ0) is 23.4. The predicted molar refractivity (Wildman–Crippen MR) is 129 cm³/mol. The van der Waals surface area contributed by atoms with Crippen LogP contribution in [0.15, 0.2) is 54.1 Å². The van der Waals surface area contributed by atoms with E-state index in [0.29, 0.717) is 11.4 Å². The molecule has 0 atom stereocenters. The first-order valence-electron chi connectivity index (χ1n) is 10.7. The Bertz CT molecular complexity index is 1230. The normalized spacial score (nSPS) is 11.4. The molecule has 0 aliphatic rings. The first-order valence-corrected chi connectivity index (χ1v) is 10.7. The smallest absolute Gasteiger partial charge is 0.266 e. The van der Waals surface area contributed by atoms with E-state index >= 15 is 0 Å². The lowest BCUT2D eigenvalue weighted by atomic mass is 10.1. The fourth-order valence-electron chi connectivity index (χ4n) is 3.78. The molecule has 0 saturated heterocycles. The Morgan fingerprint density at radius 2 is 1.84 bits per heavy atom. The zero-order valence-electron chi connectivity index (χ0n) is 19.5. The van der Waals surface area contributed by atoms with Crippen LogP contribution in [0.5, 0.6) is 5.75 Å². The highest BCUT2D eigenvalue weighted by Crippen LogP contribution is 2.26. The Kier molecular flexibility index (Phi) is 6.85. The topological polar surface area (TPSA) is 67.0 Å². The summed E-state index contributed by atoms with van der Waals surface area (Å²) in [5.74, 6) is 0.211. The van der Waals surface area contributed by atoms with E-state index in [4.69, 9.17) is 4.74 Å². The number of hydrogen-bond acceptors (Lipinski definition) is 3. The van der Waals surface area contributed by atoms with Gasteiger partial charge < -0.3 is 14.6 Å². The molecule has 0 radical (unpaired) electrons. The van der Waals surface area contributed by atoms with Crippen LogP contribution in [0, 0.1) is 39.0 Å². The van der Waals surface area contributed by atoms with Crippen molar-refractivity contribution in [2.45, 2.75) is 47.6 Å². The highest BCUT2D eigenvalue weighted by atomic mass is 16.5. The van der Waals surface area contributed by atoms with Crippen molar-refractivity contribution in [3.8, 4) is 17.5 Å². The molecule has 1 N–H and O–H groups in total. The number of carbonyl (C=O) groups excluding carboxylic acids is 1. The van der Waals surface area contributed by atoms with E-state index < -0.39 is 5.91 Å². The van der Waals surface area contributed by atoms with Gasteiger partial charge in [-0.25, -0.2) is 0 Å². The zero-order valence-corrected chi connectivity index (χ0v) is 19.5. The third-order valence-electron chi connectivity index (χ3n) is 5.19. The molecule has 0 saturated carbocycles. The number of carbonyl (C=O) groups is 1. The number of ether oxygens (including phenoxy) is 1. The fourth-order valence-corrected chi connectivity index (χ4v) is 3.78. The minimum atomic E-state index is -0.453. The van der Waals surface area contributed by atoms with Gasteiger partial charge in [-0.15, -0.1) is 0 Å². The molecule has 0 aliphatic carbocycles. The summed E-state index contributed by atoms with van der Waals surface area (Å²) in [4.78, 5) is 12.8. The summed E-state index contributed by atoms with van der Waals surface area (Å²) in [6.07, 6.45) is 1.68. The van der Waals surface area contributed by atoms with Crippen LogP contribution in [0.2, 0.25) is 0 Å². The Labute approximate surface area is 190 Å². The number of benzene rings is 2. The highest BCUT2D eigenvalue weighted by molar-refractivity contribution is 6.09. The standard InChI is InChI=1S/C27H29N3O2/c1-17(2)32-25-9-7-8-24(15-25)29-27(31)23(16-28)14-22-13-20(5)30(21(22)6)26-11-10-18(3)12-19(26)4/h7-15,17H,1-6H3,(H,29,31)/b23-14-. The van der Waals surface area contributed by atoms with Gasteiger partial charge in [0.25, 0.3) is 5.91 Å². The van der Waals surface area contributed by atoms with Gasteiger partial charge >= 0.3 is 0 Å². The van der Waals surface area contributed by atoms with Crippen molar-refractivity contribution in [2.24, 2.45) is 0 Å². The van der Waals surface area contributed by atoms with Gasteiger partial charge in [-0.3, -0.25) is 4.79 Å². The molecule has 32 heavy (non-hydrogen) atoms. The molecule has 0 spiro atoms. The van der Waals surface area contributed by atoms with E-state index in [1.165, 1.54) is 11.1 Å². The number of nitriles is 1. The second kappa shape index (κ2) is 9.57. The van der Waals surface area contributed by atoms with E-state index in [2.05, 4.69) is 41.9 Å². The summed E-state index contributed by atoms with van der Waals surface area (Å²) in [6, 6.07) is 17.5. The first kappa shape index (κ1) is 22.9. The van der Waals surface area contributed by atoms with Gasteiger partial charge in [-0.2, -0.15) is 5.26 Å². The molecule has 5 nitrogen and oxygen atoms in total. The molecule has 0 unspecified atom stereocenters. The van der Waals surface area contributed by atoms with Crippen LogP contribution in [-0.4, -0.2) is 16.6 Å². The van der Waals surface area contributed by atoms with Crippen molar-refractivity contribution < 1.29 is 9.53 Å². The van der Waals surface area contributed by atoms with Gasteiger partial charge in [0, 0.05) is 28.8 Å². The molecule has 0 aliphatic heterocycles. The van der Waals surface area contributed by atoms with Crippen LogP contribution >= 0.6 is 0 Å². The number of nitrogens with zero attached hydrogens (tertiary/aromatic N) is 2. The third-order valence-corrected chi connectivity index (χ3v) is 5.19. The average molecular weight is 428 g/mol. The second-order valence-corrected chi connectivity index (χ2v) is 8.27. The number of rotatable bonds is 6. The molecular weight excluding hydrogens is 398 g/mol. The second-order valence-electron chi connectivity index (χ2n) is 8.27. The molecular formula is C27H29N3O2. The van der Waals surface area contributed by atoms with E-state index in [1.807, 2.05) is 45.9 Å². The maximum absolute atomic E-state index is 12.8. The summed E-state index contributed by atoms with van der Waals surface area (Å²) in [5, 5.41) is 12.5. The van der Waals surface area contributed by atoms with Gasteiger partial charge in [-0.05, 0) is 83.0 Å². The summed E-state index contributed by atoms with van der Waals surface area (Å²) in [7, 11) is 0. The lowest BCUT2D eigenvalue weighted by molar-refractivity contribution is -0.112. The molecule has 1 heterocycles. The minimum absolute atomic E-state index is 0.0305. The van der Waals surface area contributed by atoms with Crippen molar-refractivity contribution in [3.05, 3.63) is 82.2 Å². The Balaban J connectivity index is 1.90. The summed E-state index contributed by atoms with van der Waals surface area (Å²) in [6.45, 7) is 12.1. The van der Waals surface area contributed by atoms with Gasteiger partial charge in [-0.1, -0.05) is 23.8 Å². The molecule has 3 aromatic rings. The number of amides is 1. The van der Waals surface area contributed by atoms with Crippen LogP contribution < -0.4 is 10.1 Å².